The van der Waals surface area contributed by atoms with E-state index in [2.05, 4.69) is 42.2 Å². The van der Waals surface area contributed by atoms with Crippen molar-refractivity contribution in [2.75, 3.05) is 43.0 Å². The first-order chi connectivity index (χ1) is 24.3. The first kappa shape index (κ1) is 33.8. The third-order valence-corrected chi connectivity index (χ3v) is 10.9. The van der Waals surface area contributed by atoms with Gasteiger partial charge in [0.1, 0.15) is 0 Å². The van der Waals surface area contributed by atoms with Gasteiger partial charge in [-0.05, 0) is 82.3 Å². The topological polar surface area (TPSA) is 137 Å². The molecule has 0 amide bonds. The van der Waals surface area contributed by atoms with Gasteiger partial charge in [0, 0.05) is 34.7 Å². The van der Waals surface area contributed by atoms with Crippen LogP contribution in [0.1, 0.15) is 57.7 Å². The number of ether oxygens (including phenoxy) is 1. The van der Waals surface area contributed by atoms with Crippen molar-refractivity contribution in [1.29, 1.82) is 0 Å². The number of aryl methyl sites for hydroxylation is 1. The number of hydrogen-bond acceptors (Lipinski definition) is 12. The van der Waals surface area contributed by atoms with Crippen molar-refractivity contribution < 1.29 is 24.1 Å². The van der Waals surface area contributed by atoms with E-state index < -0.39 is 11.8 Å². The number of fused-ring (bicyclic) bond motifs is 2. The second-order valence-corrected chi connectivity index (χ2v) is 14.4. The number of nitrogens with zero attached hydrogens (tertiary/aromatic N) is 6. The molecule has 5 heterocycles. The van der Waals surface area contributed by atoms with Gasteiger partial charge in [-0.1, -0.05) is 35.3 Å². The van der Waals surface area contributed by atoms with Gasteiger partial charge in [0.15, 0.2) is 39.2 Å². The first-order valence-electron chi connectivity index (χ1n) is 16.6. The van der Waals surface area contributed by atoms with Crippen LogP contribution in [0.4, 0.5) is 26.3 Å². The molecule has 0 saturated carbocycles. The Kier molecular flexibility index (Phi) is 10.2. The van der Waals surface area contributed by atoms with Gasteiger partial charge in [0.2, 0.25) is 0 Å². The molecule has 0 spiro atoms. The van der Waals surface area contributed by atoms with Crippen molar-refractivity contribution in [1.82, 2.24) is 25.1 Å². The van der Waals surface area contributed by atoms with E-state index in [0.29, 0.717) is 59.7 Å². The highest BCUT2D eigenvalue weighted by atomic mass is 32.1. The molecule has 3 N–H and O–H groups in total. The SMILES string of the molecule is Cc1c(Nc2nc3ccccc3s2)nnc2c1CCCN2c1nc(C(=O)O)c(CCCOc2ccc(C#CCN3CCCC(O)C3)cc2F)s1. The van der Waals surface area contributed by atoms with Crippen LogP contribution in [0.3, 0.4) is 0 Å². The molecular weight excluding hydrogens is 678 g/mol. The number of carbonyl (C=O) groups is 1. The molecule has 2 aromatic carbocycles. The van der Waals surface area contributed by atoms with Crippen molar-refractivity contribution in [3.8, 4) is 17.6 Å². The molecule has 1 atom stereocenters. The lowest BCUT2D eigenvalue weighted by Crippen LogP contribution is -2.38. The number of aliphatic hydroxyl groups is 1. The summed E-state index contributed by atoms with van der Waals surface area (Å²) in [5.74, 6) is 5.89. The van der Waals surface area contributed by atoms with Crippen LogP contribution in [-0.2, 0) is 12.8 Å². The fourth-order valence-electron chi connectivity index (χ4n) is 6.24. The van der Waals surface area contributed by atoms with E-state index in [-0.39, 0.29) is 24.2 Å². The average Bonchev–Trinajstić information content (AvgIpc) is 3.73. The lowest BCUT2D eigenvalue weighted by Gasteiger charge is -2.28. The second-order valence-electron chi connectivity index (χ2n) is 12.3. The monoisotopic (exact) mass is 713 g/mol. The molecular formula is C36H36FN7O4S2. The summed E-state index contributed by atoms with van der Waals surface area (Å²) in [4.78, 5) is 26.0. The summed E-state index contributed by atoms with van der Waals surface area (Å²) in [6.45, 7) is 4.88. The second kappa shape index (κ2) is 15.1. The number of likely N-dealkylation sites (tertiary alicyclic amines) is 1. The number of carboxylic acids is 1. The Hall–Kier alpha value is -4.68. The Morgan fingerprint density at radius 1 is 1.14 bits per heavy atom. The molecule has 258 valence electrons. The molecule has 1 fully saturated rings. The Balaban J connectivity index is 0.983. The number of β-amino-alcohol motifs (C(OH)–C–C–N with tert-alkyl or cyclic N) is 1. The number of aromatic carboxylic acids is 1. The number of nitrogens with one attached hydrogen (secondary N) is 1. The van der Waals surface area contributed by atoms with Crippen LogP contribution in [0.15, 0.2) is 42.5 Å². The third kappa shape index (κ3) is 7.56. The van der Waals surface area contributed by atoms with Crippen molar-refractivity contribution in [3.63, 3.8) is 0 Å². The summed E-state index contributed by atoms with van der Waals surface area (Å²) in [5.41, 5.74) is 3.48. The van der Waals surface area contributed by atoms with E-state index in [0.717, 1.165) is 58.7 Å². The lowest BCUT2D eigenvalue weighted by molar-refractivity contribution is 0.0690. The fraction of sp³-hybridized carbons (Fsp3) is 0.361. The number of piperidine rings is 1. The van der Waals surface area contributed by atoms with Crippen molar-refractivity contribution in [3.05, 3.63) is 75.5 Å². The maximum atomic E-state index is 14.8. The summed E-state index contributed by atoms with van der Waals surface area (Å²) in [6.07, 6.45) is 4.00. The van der Waals surface area contributed by atoms with Crippen LogP contribution in [-0.4, -0.2) is 80.1 Å². The smallest absolute Gasteiger partial charge is 0.355 e. The number of anilines is 4. The van der Waals surface area contributed by atoms with Crippen LogP contribution in [0, 0.1) is 24.6 Å². The molecule has 2 aliphatic rings. The van der Waals surface area contributed by atoms with Crippen LogP contribution < -0.4 is 15.0 Å². The van der Waals surface area contributed by atoms with Crippen molar-refractivity contribution in [2.45, 2.75) is 51.6 Å². The average molecular weight is 714 g/mol. The molecule has 0 aliphatic carbocycles. The zero-order valence-electron chi connectivity index (χ0n) is 27.5. The Bertz CT molecular complexity index is 2060. The normalized spacial score (nSPS) is 16.1. The molecule has 11 nitrogen and oxygen atoms in total. The van der Waals surface area contributed by atoms with Crippen molar-refractivity contribution in [2.24, 2.45) is 0 Å². The Labute approximate surface area is 296 Å². The van der Waals surface area contributed by atoms with E-state index in [9.17, 15) is 19.4 Å². The molecule has 14 heteroatoms. The zero-order chi connectivity index (χ0) is 34.6. The summed E-state index contributed by atoms with van der Waals surface area (Å²) in [7, 11) is 0. The molecule has 0 bridgehead atoms. The number of benzene rings is 2. The van der Waals surface area contributed by atoms with E-state index in [4.69, 9.17) is 4.74 Å². The van der Waals surface area contributed by atoms with Gasteiger partial charge < -0.3 is 25.2 Å². The molecule has 1 unspecified atom stereocenters. The minimum absolute atomic E-state index is 0.00379. The quantitative estimate of drug-likeness (QED) is 0.111. The predicted octanol–water partition coefficient (Wildman–Crippen LogP) is 6.34. The summed E-state index contributed by atoms with van der Waals surface area (Å²) < 4.78 is 21.6. The fourth-order valence-corrected chi connectivity index (χ4v) is 8.23. The number of para-hydroxylation sites is 1. The molecule has 7 rings (SSSR count). The number of halogens is 1. The van der Waals surface area contributed by atoms with Gasteiger partial charge in [0.05, 0.1) is 29.5 Å². The highest BCUT2D eigenvalue weighted by molar-refractivity contribution is 7.22. The largest absolute Gasteiger partial charge is 0.491 e. The summed E-state index contributed by atoms with van der Waals surface area (Å²) >= 11 is 2.88. The number of rotatable bonds is 10. The van der Waals surface area contributed by atoms with Gasteiger partial charge in [-0.3, -0.25) is 4.90 Å². The highest BCUT2D eigenvalue weighted by Crippen LogP contribution is 2.39. The molecule has 3 aromatic heterocycles. The van der Waals surface area contributed by atoms with E-state index in [1.807, 2.05) is 36.1 Å². The van der Waals surface area contributed by atoms with Crippen molar-refractivity contribution >= 4 is 60.8 Å². The minimum atomic E-state index is -1.10. The van der Waals surface area contributed by atoms with Gasteiger partial charge in [-0.2, -0.15) is 0 Å². The van der Waals surface area contributed by atoms with Gasteiger partial charge in [-0.25, -0.2) is 19.2 Å². The molecule has 0 radical (unpaired) electrons. The third-order valence-electron chi connectivity index (χ3n) is 8.78. The molecule has 50 heavy (non-hydrogen) atoms. The highest BCUT2D eigenvalue weighted by Gasteiger charge is 2.28. The summed E-state index contributed by atoms with van der Waals surface area (Å²) in [6, 6.07) is 12.6. The maximum absolute atomic E-state index is 14.8. The number of aliphatic hydroxyl groups excluding tert-OH is 1. The van der Waals surface area contributed by atoms with Gasteiger partial charge in [-0.15, -0.1) is 21.5 Å². The molecule has 2 aliphatic heterocycles. The Morgan fingerprint density at radius 3 is 2.84 bits per heavy atom. The number of thiazole rings is 2. The predicted molar refractivity (Wildman–Crippen MR) is 193 cm³/mol. The maximum Gasteiger partial charge on any atom is 0.355 e. The Morgan fingerprint density at radius 2 is 2.02 bits per heavy atom. The minimum Gasteiger partial charge on any atom is -0.491 e. The van der Waals surface area contributed by atoms with E-state index in [1.54, 1.807) is 23.5 Å². The number of hydrogen-bond donors (Lipinski definition) is 3. The van der Waals surface area contributed by atoms with Gasteiger partial charge >= 0.3 is 5.97 Å². The van der Waals surface area contributed by atoms with Gasteiger partial charge in [0.25, 0.3) is 0 Å². The number of carboxylic acid groups (broad SMARTS) is 1. The zero-order valence-corrected chi connectivity index (χ0v) is 29.1. The van der Waals surface area contributed by atoms with Crippen LogP contribution in [0.2, 0.25) is 0 Å². The molecule has 1 saturated heterocycles. The summed E-state index contributed by atoms with van der Waals surface area (Å²) in [5, 5.41) is 33.5. The van der Waals surface area contributed by atoms with E-state index in [1.165, 1.54) is 17.4 Å². The lowest BCUT2D eigenvalue weighted by atomic mass is 10.0. The van der Waals surface area contributed by atoms with Crippen LogP contribution in [0.5, 0.6) is 5.75 Å². The van der Waals surface area contributed by atoms with E-state index >= 15 is 0 Å². The number of aromatic nitrogens is 4. The van der Waals surface area contributed by atoms with Crippen LogP contribution in [0.25, 0.3) is 10.2 Å². The van der Waals surface area contributed by atoms with Crippen LogP contribution >= 0.6 is 22.7 Å². The first-order valence-corrected chi connectivity index (χ1v) is 18.3. The molecule has 5 aromatic rings. The standard InChI is InChI=1S/C36H36FN7O4S2/c1-22-25-10-6-18-44(33(25)42-41-32(22)40-35-38-27-11-2-3-12-29(27)49-35)36-39-31(34(46)47)30(50-36)13-7-19-48-28-15-14-23(20-26(28)37)8-4-16-43-17-5-9-24(45)21-43/h2-3,11-12,14-15,20,24,45H,5-7,9-10,13,16-19,21H2,1H3,(H,46,47)(H,38,40,41).